The average molecular weight is 310 g/mol. The molecule has 0 aromatic carbocycles. The number of aryl methyl sites for hydroxylation is 2. The molecule has 6 nitrogen and oxygen atoms in total. The fraction of sp³-hybridized carbons (Fsp3) is 0.353. The Hall–Kier alpha value is -2.81. The van der Waals surface area contributed by atoms with E-state index in [2.05, 4.69) is 31.6 Å². The van der Waals surface area contributed by atoms with Crippen molar-refractivity contribution in [3.8, 4) is 18.2 Å². The minimum absolute atomic E-state index is 0.445. The van der Waals surface area contributed by atoms with Gasteiger partial charge >= 0.3 is 0 Å². The number of hydrogen-bond acceptors (Lipinski definition) is 3. The normalized spacial score (nSPS) is 11.1. The van der Waals surface area contributed by atoms with Crippen LogP contribution in [0.4, 0.5) is 0 Å². The van der Waals surface area contributed by atoms with Crippen LogP contribution < -0.4 is 10.6 Å². The third-order valence-electron chi connectivity index (χ3n) is 3.16. The number of hydrogen-bond donors (Lipinski definition) is 2. The summed E-state index contributed by atoms with van der Waals surface area (Å²) in [6.07, 6.45) is 7.07. The molecule has 0 radical (unpaired) electrons. The summed E-state index contributed by atoms with van der Waals surface area (Å²) < 4.78 is 1.83. The fourth-order valence-electron chi connectivity index (χ4n) is 2.14. The monoisotopic (exact) mass is 310 g/mol. The Morgan fingerprint density at radius 3 is 2.74 bits per heavy atom. The minimum atomic E-state index is 0.445. The molecule has 2 aromatic rings. The minimum Gasteiger partial charge on any atom is -0.357 e. The molecule has 0 spiro atoms. The number of aliphatic imine (C=N–C) groups is 1. The van der Waals surface area contributed by atoms with Crippen LogP contribution in [0.5, 0.6) is 0 Å². The summed E-state index contributed by atoms with van der Waals surface area (Å²) in [6.45, 7) is 7.76. The van der Waals surface area contributed by atoms with Crippen LogP contribution in [0.2, 0.25) is 0 Å². The maximum atomic E-state index is 5.25. The molecule has 0 saturated heterocycles. The number of terminal acetylenes is 1. The predicted octanol–water partition coefficient (Wildman–Crippen LogP) is 1.57. The second-order valence-corrected chi connectivity index (χ2v) is 5.12. The van der Waals surface area contributed by atoms with E-state index in [4.69, 9.17) is 6.42 Å². The molecular formula is C17H22N6. The molecular weight excluding hydrogens is 288 g/mol. The van der Waals surface area contributed by atoms with Gasteiger partial charge in [0.1, 0.15) is 0 Å². The maximum absolute atomic E-state index is 5.25. The van der Waals surface area contributed by atoms with Gasteiger partial charge in [-0.1, -0.05) is 12.0 Å². The van der Waals surface area contributed by atoms with E-state index in [1.165, 1.54) is 0 Å². The molecule has 2 aromatic heterocycles. The predicted molar refractivity (Wildman–Crippen MR) is 92.5 cm³/mol. The molecule has 0 fully saturated rings. The molecule has 2 N–H and O–H groups in total. The van der Waals surface area contributed by atoms with E-state index in [1.807, 2.05) is 49.8 Å². The van der Waals surface area contributed by atoms with Gasteiger partial charge in [-0.05, 0) is 38.5 Å². The van der Waals surface area contributed by atoms with Gasteiger partial charge in [-0.2, -0.15) is 5.10 Å². The SMILES string of the molecule is C#CCNC(=NCc1ccc(-n2nc(C)cc2C)nc1)NCC. The van der Waals surface area contributed by atoms with Crippen LogP contribution in [0.3, 0.4) is 0 Å². The summed E-state index contributed by atoms with van der Waals surface area (Å²) in [6, 6.07) is 5.98. The van der Waals surface area contributed by atoms with Crippen molar-refractivity contribution < 1.29 is 0 Å². The van der Waals surface area contributed by atoms with Crippen LogP contribution >= 0.6 is 0 Å². The molecule has 0 atom stereocenters. The van der Waals surface area contributed by atoms with Gasteiger partial charge < -0.3 is 10.6 Å². The summed E-state index contributed by atoms with van der Waals surface area (Å²) in [7, 11) is 0. The molecule has 0 aliphatic heterocycles. The third-order valence-corrected chi connectivity index (χ3v) is 3.16. The van der Waals surface area contributed by atoms with Crippen molar-refractivity contribution in [1.29, 1.82) is 0 Å². The van der Waals surface area contributed by atoms with E-state index in [0.29, 0.717) is 19.0 Å². The molecule has 0 aliphatic rings. The molecule has 0 bridgehead atoms. The first-order valence-corrected chi connectivity index (χ1v) is 7.58. The second-order valence-electron chi connectivity index (χ2n) is 5.12. The first-order valence-electron chi connectivity index (χ1n) is 7.58. The van der Waals surface area contributed by atoms with E-state index in [1.54, 1.807) is 0 Å². The van der Waals surface area contributed by atoms with E-state index in [0.717, 1.165) is 29.3 Å². The Balaban J connectivity index is 2.07. The van der Waals surface area contributed by atoms with Crippen molar-refractivity contribution in [3.05, 3.63) is 41.3 Å². The van der Waals surface area contributed by atoms with Gasteiger partial charge in [0.2, 0.25) is 0 Å². The second kappa shape index (κ2) is 7.99. The lowest BCUT2D eigenvalue weighted by Gasteiger charge is -2.09. The first kappa shape index (κ1) is 16.6. The van der Waals surface area contributed by atoms with Gasteiger partial charge in [-0.15, -0.1) is 6.42 Å². The third kappa shape index (κ3) is 4.58. The lowest BCUT2D eigenvalue weighted by atomic mass is 10.3. The number of rotatable bonds is 5. The Kier molecular flexibility index (Phi) is 5.75. The highest BCUT2D eigenvalue weighted by Gasteiger charge is 2.05. The highest BCUT2D eigenvalue weighted by Crippen LogP contribution is 2.10. The number of nitrogens with one attached hydrogen (secondary N) is 2. The van der Waals surface area contributed by atoms with Gasteiger partial charge in [0.05, 0.1) is 18.8 Å². The Morgan fingerprint density at radius 1 is 1.35 bits per heavy atom. The molecule has 0 saturated carbocycles. The maximum Gasteiger partial charge on any atom is 0.192 e. The molecule has 120 valence electrons. The van der Waals surface area contributed by atoms with Gasteiger partial charge in [0.15, 0.2) is 11.8 Å². The quantitative estimate of drug-likeness (QED) is 0.500. The summed E-state index contributed by atoms with van der Waals surface area (Å²) >= 11 is 0. The molecule has 6 heteroatoms. The number of guanidine groups is 1. The zero-order valence-corrected chi connectivity index (χ0v) is 13.8. The number of nitrogens with zero attached hydrogens (tertiary/aromatic N) is 4. The van der Waals surface area contributed by atoms with Crippen LogP contribution in [0, 0.1) is 26.2 Å². The van der Waals surface area contributed by atoms with Crippen molar-refractivity contribution in [2.24, 2.45) is 4.99 Å². The Morgan fingerprint density at radius 2 is 2.17 bits per heavy atom. The zero-order chi connectivity index (χ0) is 16.7. The topological polar surface area (TPSA) is 67.1 Å². The van der Waals surface area contributed by atoms with Crippen LogP contribution in [0.15, 0.2) is 29.4 Å². The van der Waals surface area contributed by atoms with E-state index in [9.17, 15) is 0 Å². The van der Waals surface area contributed by atoms with Crippen molar-refractivity contribution in [1.82, 2.24) is 25.4 Å². The lowest BCUT2D eigenvalue weighted by Crippen LogP contribution is -2.37. The van der Waals surface area contributed by atoms with Gasteiger partial charge in [-0.3, -0.25) is 0 Å². The van der Waals surface area contributed by atoms with Crippen LogP contribution in [-0.4, -0.2) is 33.8 Å². The van der Waals surface area contributed by atoms with Gasteiger partial charge in [0.25, 0.3) is 0 Å². The highest BCUT2D eigenvalue weighted by molar-refractivity contribution is 5.79. The van der Waals surface area contributed by atoms with E-state index >= 15 is 0 Å². The molecule has 0 unspecified atom stereocenters. The van der Waals surface area contributed by atoms with E-state index in [-0.39, 0.29) is 0 Å². The summed E-state index contributed by atoms with van der Waals surface area (Å²) in [5.74, 6) is 4.04. The van der Waals surface area contributed by atoms with Crippen molar-refractivity contribution >= 4 is 5.96 Å². The van der Waals surface area contributed by atoms with Crippen molar-refractivity contribution in [2.75, 3.05) is 13.1 Å². The van der Waals surface area contributed by atoms with Crippen molar-refractivity contribution in [3.63, 3.8) is 0 Å². The van der Waals surface area contributed by atoms with Crippen LogP contribution in [0.25, 0.3) is 5.82 Å². The molecule has 2 rings (SSSR count). The summed E-state index contributed by atoms with van der Waals surface area (Å²) in [4.78, 5) is 8.95. The van der Waals surface area contributed by atoms with Gasteiger partial charge in [-0.25, -0.2) is 14.7 Å². The summed E-state index contributed by atoms with van der Waals surface area (Å²) in [5, 5.41) is 10.6. The standard InChI is InChI=1S/C17H22N6/c1-5-9-19-17(18-6-2)21-12-15-7-8-16(20-11-15)23-14(4)10-13(3)22-23/h1,7-8,10-11H,6,9,12H2,2-4H3,(H2,18,19,21). The van der Waals surface area contributed by atoms with Gasteiger partial charge in [0, 0.05) is 18.4 Å². The lowest BCUT2D eigenvalue weighted by molar-refractivity contribution is 0.802. The Bertz CT molecular complexity index is 706. The van der Waals surface area contributed by atoms with Crippen LogP contribution in [0.1, 0.15) is 23.9 Å². The largest absolute Gasteiger partial charge is 0.357 e. The molecule has 0 aliphatic carbocycles. The first-order chi connectivity index (χ1) is 11.1. The molecule has 0 amide bonds. The summed E-state index contributed by atoms with van der Waals surface area (Å²) in [5.41, 5.74) is 3.06. The number of aromatic nitrogens is 3. The van der Waals surface area contributed by atoms with Crippen molar-refractivity contribution in [2.45, 2.75) is 27.3 Å². The average Bonchev–Trinajstić information content (AvgIpc) is 2.89. The fourth-order valence-corrected chi connectivity index (χ4v) is 2.14. The Labute approximate surface area is 137 Å². The van der Waals surface area contributed by atoms with E-state index < -0.39 is 0 Å². The zero-order valence-electron chi connectivity index (χ0n) is 13.8. The smallest absolute Gasteiger partial charge is 0.192 e. The number of pyridine rings is 1. The molecule has 23 heavy (non-hydrogen) atoms. The highest BCUT2D eigenvalue weighted by atomic mass is 15.3. The molecule has 2 heterocycles. The van der Waals surface area contributed by atoms with Crippen LogP contribution in [-0.2, 0) is 6.54 Å².